The van der Waals surface area contributed by atoms with Crippen LogP contribution in [0.3, 0.4) is 0 Å². The van der Waals surface area contributed by atoms with Crippen LogP contribution in [-0.4, -0.2) is 32.6 Å². The third-order valence-corrected chi connectivity index (χ3v) is 5.37. The lowest BCUT2D eigenvalue weighted by molar-refractivity contribution is 0.0951. The van der Waals surface area contributed by atoms with Crippen molar-refractivity contribution in [3.8, 4) is 17.3 Å². The van der Waals surface area contributed by atoms with Gasteiger partial charge in [-0.3, -0.25) is 14.9 Å². The number of carbonyl (C=O) groups excluding carboxylic acids is 1. The maximum Gasteiger partial charge on any atom is 0.255 e. The Morgan fingerprint density at radius 3 is 2.86 bits per heavy atom. The van der Waals surface area contributed by atoms with E-state index < -0.39 is 5.91 Å². The third-order valence-electron chi connectivity index (χ3n) is 5.37. The van der Waals surface area contributed by atoms with Crippen LogP contribution < -0.4 is 16.4 Å². The van der Waals surface area contributed by atoms with Crippen LogP contribution in [0.25, 0.3) is 11.3 Å². The number of nitriles is 1. The molecule has 4 aromatic rings. The summed E-state index contributed by atoms with van der Waals surface area (Å²) in [6.45, 7) is 0.860. The molecule has 0 aliphatic rings. The highest BCUT2D eigenvalue weighted by molar-refractivity contribution is 5.99. The molecule has 3 aromatic heterocycles. The van der Waals surface area contributed by atoms with Gasteiger partial charge < -0.3 is 16.4 Å². The largest absolute Gasteiger partial charge is 0.369 e. The quantitative estimate of drug-likeness (QED) is 0.294. The number of rotatable bonds is 9. The van der Waals surface area contributed by atoms with E-state index in [2.05, 4.69) is 36.9 Å². The van der Waals surface area contributed by atoms with Crippen LogP contribution in [0, 0.1) is 17.1 Å². The molecular formula is C25H23FN8O. The van der Waals surface area contributed by atoms with Gasteiger partial charge in [-0.25, -0.2) is 9.37 Å². The van der Waals surface area contributed by atoms with Gasteiger partial charge in [0.25, 0.3) is 5.91 Å². The minimum Gasteiger partial charge on any atom is -0.369 e. The maximum atomic E-state index is 13.5. The van der Waals surface area contributed by atoms with Gasteiger partial charge in [-0.2, -0.15) is 10.4 Å². The van der Waals surface area contributed by atoms with Crippen LogP contribution in [-0.2, 0) is 19.5 Å². The third kappa shape index (κ3) is 5.66. The smallest absolute Gasteiger partial charge is 0.255 e. The molecule has 0 saturated carbocycles. The molecular weight excluding hydrogens is 447 g/mol. The number of carbonyl (C=O) groups is 1. The molecule has 35 heavy (non-hydrogen) atoms. The SMILES string of the molecule is N#Cc1cc(C(=O)NCc2cccnc2CN)c(NCCc2cccc(F)c2)nc1-c1cn[nH]c1. The van der Waals surface area contributed by atoms with E-state index in [0.29, 0.717) is 35.7 Å². The Bertz CT molecular complexity index is 1360. The van der Waals surface area contributed by atoms with Crippen molar-refractivity contribution in [2.45, 2.75) is 19.5 Å². The number of amides is 1. The molecule has 0 aliphatic carbocycles. The highest BCUT2D eigenvalue weighted by Crippen LogP contribution is 2.26. The van der Waals surface area contributed by atoms with Crippen molar-refractivity contribution in [2.75, 3.05) is 11.9 Å². The average Bonchev–Trinajstić information content (AvgIpc) is 3.42. The number of nitrogens with zero attached hydrogens (tertiary/aromatic N) is 4. The summed E-state index contributed by atoms with van der Waals surface area (Å²) in [6, 6.07) is 13.5. The van der Waals surface area contributed by atoms with Gasteiger partial charge in [0.05, 0.1) is 28.7 Å². The molecule has 0 saturated heterocycles. The number of halogens is 1. The second kappa shape index (κ2) is 11.0. The number of H-pyrrole nitrogens is 1. The molecule has 3 heterocycles. The number of nitrogens with two attached hydrogens (primary N) is 1. The molecule has 5 N–H and O–H groups in total. The second-order valence-electron chi connectivity index (χ2n) is 7.68. The summed E-state index contributed by atoms with van der Waals surface area (Å²) in [5, 5.41) is 22.4. The Morgan fingerprint density at radius 1 is 1.23 bits per heavy atom. The molecule has 0 radical (unpaired) electrons. The number of aromatic nitrogens is 4. The molecule has 9 nitrogen and oxygen atoms in total. The van der Waals surface area contributed by atoms with Crippen LogP contribution in [0.5, 0.6) is 0 Å². The van der Waals surface area contributed by atoms with E-state index >= 15 is 0 Å². The fourth-order valence-electron chi connectivity index (χ4n) is 3.61. The van der Waals surface area contributed by atoms with E-state index in [0.717, 1.165) is 11.1 Å². The van der Waals surface area contributed by atoms with Gasteiger partial charge in [0.1, 0.15) is 17.7 Å². The fraction of sp³-hybridized carbons (Fsp3) is 0.160. The van der Waals surface area contributed by atoms with Crippen molar-refractivity contribution in [1.82, 2.24) is 25.5 Å². The minimum atomic E-state index is -0.409. The lowest BCUT2D eigenvalue weighted by atomic mass is 10.1. The average molecular weight is 471 g/mol. The van der Waals surface area contributed by atoms with Crippen molar-refractivity contribution >= 4 is 11.7 Å². The van der Waals surface area contributed by atoms with Crippen molar-refractivity contribution < 1.29 is 9.18 Å². The number of anilines is 1. The summed E-state index contributed by atoms with van der Waals surface area (Å²) in [4.78, 5) is 22.0. The van der Waals surface area contributed by atoms with Crippen LogP contribution >= 0.6 is 0 Å². The van der Waals surface area contributed by atoms with Crippen molar-refractivity contribution in [2.24, 2.45) is 5.73 Å². The Kier molecular flexibility index (Phi) is 7.40. The summed E-state index contributed by atoms with van der Waals surface area (Å²) < 4.78 is 13.5. The summed E-state index contributed by atoms with van der Waals surface area (Å²) in [5.74, 6) is -0.416. The zero-order valence-corrected chi connectivity index (χ0v) is 18.8. The van der Waals surface area contributed by atoms with Gasteiger partial charge in [0.2, 0.25) is 0 Å². The molecule has 4 rings (SSSR count). The molecule has 0 aliphatic heterocycles. The minimum absolute atomic E-state index is 0.214. The van der Waals surface area contributed by atoms with E-state index in [4.69, 9.17) is 5.73 Å². The Balaban J connectivity index is 1.60. The lowest BCUT2D eigenvalue weighted by Gasteiger charge is -2.15. The zero-order chi connectivity index (χ0) is 24.6. The number of pyridine rings is 2. The van der Waals surface area contributed by atoms with Gasteiger partial charge in [0, 0.05) is 37.6 Å². The van der Waals surface area contributed by atoms with Gasteiger partial charge in [0.15, 0.2) is 0 Å². The predicted molar refractivity (Wildman–Crippen MR) is 128 cm³/mol. The normalized spacial score (nSPS) is 10.5. The summed E-state index contributed by atoms with van der Waals surface area (Å²) in [5.41, 5.74) is 9.49. The maximum absolute atomic E-state index is 13.5. The number of aromatic amines is 1. The summed E-state index contributed by atoms with van der Waals surface area (Å²) in [6.07, 6.45) is 5.33. The van der Waals surface area contributed by atoms with Gasteiger partial charge in [-0.1, -0.05) is 18.2 Å². The first-order chi connectivity index (χ1) is 17.1. The van der Waals surface area contributed by atoms with Gasteiger partial charge in [-0.15, -0.1) is 0 Å². The van der Waals surface area contributed by atoms with Gasteiger partial charge >= 0.3 is 0 Å². The van der Waals surface area contributed by atoms with Crippen LogP contribution in [0.2, 0.25) is 0 Å². The summed E-state index contributed by atoms with van der Waals surface area (Å²) >= 11 is 0. The first-order valence-electron chi connectivity index (χ1n) is 10.9. The molecule has 0 bridgehead atoms. The highest BCUT2D eigenvalue weighted by atomic mass is 19.1. The summed E-state index contributed by atoms with van der Waals surface area (Å²) in [7, 11) is 0. The van der Waals surface area contributed by atoms with Crippen LogP contribution in [0.4, 0.5) is 10.2 Å². The van der Waals surface area contributed by atoms with E-state index in [1.807, 2.05) is 12.1 Å². The fourth-order valence-corrected chi connectivity index (χ4v) is 3.61. The molecule has 0 spiro atoms. The molecule has 1 aromatic carbocycles. The van der Waals surface area contributed by atoms with E-state index in [1.165, 1.54) is 18.2 Å². The predicted octanol–water partition coefficient (Wildman–Crippen LogP) is 2.92. The number of nitrogens with one attached hydrogen (secondary N) is 3. The highest BCUT2D eigenvalue weighted by Gasteiger charge is 2.19. The first kappa shape index (κ1) is 23.5. The van der Waals surface area contributed by atoms with Gasteiger partial charge in [-0.05, 0) is 41.8 Å². The molecule has 10 heteroatoms. The molecule has 0 fully saturated rings. The van der Waals surface area contributed by atoms with Crippen LogP contribution in [0.1, 0.15) is 32.7 Å². The Morgan fingerprint density at radius 2 is 2.11 bits per heavy atom. The van der Waals surface area contributed by atoms with E-state index in [9.17, 15) is 14.4 Å². The van der Waals surface area contributed by atoms with Crippen molar-refractivity contribution in [1.29, 1.82) is 5.26 Å². The van der Waals surface area contributed by atoms with E-state index in [-0.39, 0.29) is 30.0 Å². The Hall–Kier alpha value is -4.62. The topological polar surface area (TPSA) is 145 Å². The number of hydrogen-bond acceptors (Lipinski definition) is 7. The first-order valence-corrected chi connectivity index (χ1v) is 10.9. The lowest BCUT2D eigenvalue weighted by Crippen LogP contribution is -2.26. The second-order valence-corrected chi connectivity index (χ2v) is 7.68. The molecule has 1 amide bonds. The zero-order valence-electron chi connectivity index (χ0n) is 18.8. The molecule has 176 valence electrons. The molecule has 0 unspecified atom stereocenters. The van der Waals surface area contributed by atoms with E-state index in [1.54, 1.807) is 30.7 Å². The Labute approximate surface area is 201 Å². The van der Waals surface area contributed by atoms with Crippen LogP contribution in [0.15, 0.2) is 61.1 Å². The van der Waals surface area contributed by atoms with Crippen molar-refractivity contribution in [3.05, 3.63) is 94.8 Å². The number of benzene rings is 1. The monoisotopic (exact) mass is 470 g/mol. The molecule has 0 atom stereocenters. The standard InChI is InChI=1S/C25H23FN8O/c26-20-5-1-3-16(9-20)6-8-30-24-21(10-18(11-27)23(34-24)19-14-32-33-15-19)25(35)31-13-17-4-2-7-29-22(17)12-28/h1-5,7,9-10,14-15H,6,8,12-13,28H2,(H,30,34)(H,31,35)(H,32,33). The van der Waals surface area contributed by atoms with Crippen molar-refractivity contribution in [3.63, 3.8) is 0 Å². The number of hydrogen-bond donors (Lipinski definition) is 4.